The van der Waals surface area contributed by atoms with Gasteiger partial charge in [0.05, 0.1) is 11.9 Å². The number of nitrogen functional groups attached to an aromatic ring is 1. The lowest BCUT2D eigenvalue weighted by atomic mass is 10.2. The lowest BCUT2D eigenvalue weighted by molar-refractivity contribution is -0.188. The maximum absolute atomic E-state index is 12.3. The summed E-state index contributed by atoms with van der Waals surface area (Å²) >= 11 is 0.745. The van der Waals surface area contributed by atoms with Gasteiger partial charge in [0.1, 0.15) is 0 Å². The summed E-state index contributed by atoms with van der Waals surface area (Å²) < 4.78 is 37.0. The van der Waals surface area contributed by atoms with Crippen LogP contribution >= 0.6 is 11.8 Å². The Morgan fingerprint density at radius 2 is 2.24 bits per heavy atom. The molecule has 0 saturated carbocycles. The van der Waals surface area contributed by atoms with Gasteiger partial charge in [0.15, 0.2) is 5.92 Å². The number of nitrogens with two attached hydrogens (primary N) is 1. The summed E-state index contributed by atoms with van der Waals surface area (Å²) in [5, 5.41) is 8.48. The van der Waals surface area contributed by atoms with E-state index in [1.807, 2.05) is 0 Å². The van der Waals surface area contributed by atoms with Gasteiger partial charge in [-0.25, -0.2) is 0 Å². The van der Waals surface area contributed by atoms with Crippen LogP contribution in [0.2, 0.25) is 0 Å². The van der Waals surface area contributed by atoms with Crippen LogP contribution in [-0.2, 0) is 4.79 Å². The highest BCUT2D eigenvalue weighted by atomic mass is 32.2. The fourth-order valence-electron chi connectivity index (χ4n) is 1.00. The molecule has 3 N–H and O–H groups in total. The van der Waals surface area contributed by atoms with E-state index in [2.05, 4.69) is 4.98 Å². The standard InChI is InChI=1S/C9H9F3N2O2S/c10-9(11,12)5(8(15)16)4-17-7-1-2-14-3-6(7)13/h1-3,5H,4,13H2,(H,15,16). The van der Waals surface area contributed by atoms with Crippen molar-refractivity contribution in [1.82, 2.24) is 4.98 Å². The molecule has 0 aliphatic carbocycles. The summed E-state index contributed by atoms with van der Waals surface area (Å²) in [6, 6.07) is 1.44. The molecule has 0 amide bonds. The molecule has 0 saturated heterocycles. The number of hydrogen-bond donors (Lipinski definition) is 2. The monoisotopic (exact) mass is 266 g/mol. The van der Waals surface area contributed by atoms with E-state index in [0.29, 0.717) is 4.90 Å². The quantitative estimate of drug-likeness (QED) is 0.815. The Hall–Kier alpha value is -1.44. The number of anilines is 1. The number of aromatic nitrogens is 1. The molecule has 0 aliphatic rings. The largest absolute Gasteiger partial charge is 0.481 e. The lowest BCUT2D eigenvalue weighted by Crippen LogP contribution is -2.32. The molecule has 1 heterocycles. The molecule has 0 aliphatic heterocycles. The fourth-order valence-corrected chi connectivity index (χ4v) is 2.06. The second-order valence-electron chi connectivity index (χ2n) is 3.16. The van der Waals surface area contributed by atoms with Crippen molar-refractivity contribution in [2.45, 2.75) is 11.1 Å². The highest BCUT2D eigenvalue weighted by molar-refractivity contribution is 7.99. The highest BCUT2D eigenvalue weighted by Gasteiger charge is 2.44. The molecule has 1 aromatic heterocycles. The van der Waals surface area contributed by atoms with Gasteiger partial charge in [-0.2, -0.15) is 13.2 Å². The van der Waals surface area contributed by atoms with E-state index < -0.39 is 23.8 Å². The summed E-state index contributed by atoms with van der Waals surface area (Å²) in [6.07, 6.45) is -2.09. The van der Waals surface area contributed by atoms with E-state index in [4.69, 9.17) is 10.8 Å². The molecular weight excluding hydrogens is 257 g/mol. The van der Waals surface area contributed by atoms with Crippen molar-refractivity contribution in [3.05, 3.63) is 18.5 Å². The van der Waals surface area contributed by atoms with Crippen molar-refractivity contribution >= 4 is 23.4 Å². The Labute approximate surface area is 99.0 Å². The predicted molar refractivity (Wildman–Crippen MR) is 56.6 cm³/mol. The van der Waals surface area contributed by atoms with Crippen LogP contribution in [-0.4, -0.2) is 28.0 Å². The van der Waals surface area contributed by atoms with Gasteiger partial charge in [0.2, 0.25) is 0 Å². The first kappa shape index (κ1) is 13.6. The summed E-state index contributed by atoms with van der Waals surface area (Å²) in [5.41, 5.74) is 5.71. The smallest absolute Gasteiger partial charge is 0.403 e. The summed E-state index contributed by atoms with van der Waals surface area (Å²) in [5.74, 6) is -4.91. The van der Waals surface area contributed by atoms with Crippen molar-refractivity contribution < 1.29 is 23.1 Å². The molecule has 94 valence electrons. The van der Waals surface area contributed by atoms with Gasteiger partial charge in [0, 0.05) is 16.8 Å². The predicted octanol–water partition coefficient (Wildman–Crippen LogP) is 2.02. The van der Waals surface area contributed by atoms with Crippen LogP contribution in [0.4, 0.5) is 18.9 Å². The van der Waals surface area contributed by atoms with E-state index >= 15 is 0 Å². The van der Waals surface area contributed by atoms with E-state index in [1.54, 1.807) is 0 Å². The minimum atomic E-state index is -4.76. The van der Waals surface area contributed by atoms with Gasteiger partial charge in [-0.05, 0) is 6.07 Å². The van der Waals surface area contributed by atoms with Crippen LogP contribution in [0.1, 0.15) is 0 Å². The number of rotatable bonds is 4. The van der Waals surface area contributed by atoms with E-state index in [1.165, 1.54) is 18.5 Å². The third-order valence-corrected chi connectivity index (χ3v) is 3.09. The molecule has 0 fully saturated rings. The molecule has 1 unspecified atom stereocenters. The van der Waals surface area contributed by atoms with Crippen molar-refractivity contribution in [2.75, 3.05) is 11.5 Å². The molecule has 0 bridgehead atoms. The van der Waals surface area contributed by atoms with Gasteiger partial charge in [-0.1, -0.05) is 0 Å². The Balaban J connectivity index is 2.72. The third kappa shape index (κ3) is 3.81. The molecule has 1 aromatic rings. The maximum Gasteiger partial charge on any atom is 0.403 e. The van der Waals surface area contributed by atoms with Crippen molar-refractivity contribution in [3.8, 4) is 0 Å². The highest BCUT2D eigenvalue weighted by Crippen LogP contribution is 2.33. The minimum absolute atomic E-state index is 0.226. The van der Waals surface area contributed by atoms with Gasteiger partial charge in [-0.15, -0.1) is 11.8 Å². The Kier molecular flexibility index (Phi) is 4.22. The van der Waals surface area contributed by atoms with Crippen LogP contribution in [0.15, 0.2) is 23.4 Å². The Morgan fingerprint density at radius 1 is 1.59 bits per heavy atom. The van der Waals surface area contributed by atoms with Crippen LogP contribution < -0.4 is 5.73 Å². The zero-order chi connectivity index (χ0) is 13.1. The summed E-state index contributed by atoms with van der Waals surface area (Å²) in [6.45, 7) is 0. The van der Waals surface area contributed by atoms with Crippen molar-refractivity contribution in [2.24, 2.45) is 5.92 Å². The number of alkyl halides is 3. The number of halogens is 3. The molecule has 1 atom stereocenters. The summed E-state index contributed by atoms with van der Waals surface area (Å²) in [4.78, 5) is 14.5. The van der Waals surface area contributed by atoms with Crippen molar-refractivity contribution in [3.63, 3.8) is 0 Å². The molecule has 17 heavy (non-hydrogen) atoms. The van der Waals surface area contributed by atoms with E-state index in [-0.39, 0.29) is 5.69 Å². The number of carbonyl (C=O) groups is 1. The Bertz CT molecular complexity index is 411. The molecule has 0 radical (unpaired) electrons. The number of thioether (sulfide) groups is 1. The first-order valence-electron chi connectivity index (χ1n) is 4.44. The molecule has 0 aromatic carbocycles. The SMILES string of the molecule is Nc1cnccc1SCC(C(=O)O)C(F)(F)F. The second kappa shape index (κ2) is 5.26. The molecular formula is C9H9F3N2O2S. The number of hydrogen-bond acceptors (Lipinski definition) is 4. The van der Waals surface area contributed by atoms with Crippen LogP contribution in [0, 0.1) is 5.92 Å². The van der Waals surface area contributed by atoms with Gasteiger partial charge < -0.3 is 10.8 Å². The number of carboxylic acid groups (broad SMARTS) is 1. The number of pyridine rings is 1. The fraction of sp³-hybridized carbons (Fsp3) is 0.333. The number of aliphatic carboxylic acids is 1. The van der Waals surface area contributed by atoms with Gasteiger partial charge >= 0.3 is 12.1 Å². The van der Waals surface area contributed by atoms with E-state index in [0.717, 1.165) is 11.8 Å². The van der Waals surface area contributed by atoms with Crippen LogP contribution in [0.5, 0.6) is 0 Å². The molecule has 1 rings (SSSR count). The van der Waals surface area contributed by atoms with Crippen molar-refractivity contribution in [1.29, 1.82) is 0 Å². The Morgan fingerprint density at radius 3 is 2.71 bits per heavy atom. The average Bonchev–Trinajstić information content (AvgIpc) is 2.18. The third-order valence-electron chi connectivity index (χ3n) is 1.91. The average molecular weight is 266 g/mol. The van der Waals surface area contributed by atoms with Gasteiger partial charge in [-0.3, -0.25) is 9.78 Å². The topological polar surface area (TPSA) is 76.2 Å². The number of nitrogens with zero attached hydrogens (tertiary/aromatic N) is 1. The second-order valence-corrected chi connectivity index (χ2v) is 4.22. The van der Waals surface area contributed by atoms with E-state index in [9.17, 15) is 18.0 Å². The van der Waals surface area contributed by atoms with Crippen LogP contribution in [0.25, 0.3) is 0 Å². The summed E-state index contributed by atoms with van der Waals surface area (Å²) in [7, 11) is 0. The van der Waals surface area contributed by atoms with Gasteiger partial charge in [0.25, 0.3) is 0 Å². The zero-order valence-corrected chi connectivity index (χ0v) is 9.26. The first-order chi connectivity index (χ1) is 7.82. The molecule has 0 spiro atoms. The normalized spacial score (nSPS) is 13.4. The zero-order valence-electron chi connectivity index (χ0n) is 8.44. The molecule has 8 heteroatoms. The molecule has 4 nitrogen and oxygen atoms in total. The first-order valence-corrected chi connectivity index (χ1v) is 5.42. The maximum atomic E-state index is 12.3. The minimum Gasteiger partial charge on any atom is -0.481 e. The van der Waals surface area contributed by atoms with Crippen LogP contribution in [0.3, 0.4) is 0 Å². The lowest BCUT2D eigenvalue weighted by Gasteiger charge is -2.15. The number of carboxylic acids is 1.